The van der Waals surface area contributed by atoms with Gasteiger partial charge in [0.1, 0.15) is 5.75 Å². The summed E-state index contributed by atoms with van der Waals surface area (Å²) >= 11 is 5.93. The molecule has 98 valence electrons. The number of benzene rings is 1. The van der Waals surface area contributed by atoms with Crippen LogP contribution in [0.3, 0.4) is 0 Å². The number of aryl methyl sites for hydroxylation is 1. The number of carbonyl (C=O) groups is 1. The van der Waals surface area contributed by atoms with Crippen LogP contribution >= 0.6 is 11.6 Å². The Hall–Kier alpha value is -1.22. The molecule has 2 rings (SSSR count). The van der Waals surface area contributed by atoms with E-state index >= 15 is 0 Å². The zero-order chi connectivity index (χ0) is 13.5. The molecule has 1 aliphatic carbocycles. The third-order valence-electron chi connectivity index (χ3n) is 4.28. The molecule has 0 bridgehead atoms. The van der Waals surface area contributed by atoms with E-state index in [2.05, 4.69) is 0 Å². The molecule has 0 heterocycles. The van der Waals surface area contributed by atoms with E-state index in [0.717, 1.165) is 24.0 Å². The molecule has 0 radical (unpaired) electrons. The Morgan fingerprint density at radius 3 is 2.78 bits per heavy atom. The van der Waals surface area contributed by atoms with E-state index in [-0.39, 0.29) is 11.7 Å². The molecule has 2 unspecified atom stereocenters. The van der Waals surface area contributed by atoms with Gasteiger partial charge in [0, 0.05) is 5.92 Å². The quantitative estimate of drug-likeness (QED) is 0.881. The molecule has 0 amide bonds. The summed E-state index contributed by atoms with van der Waals surface area (Å²) in [5.74, 6) is -0.732. The van der Waals surface area contributed by atoms with Gasteiger partial charge in [0.2, 0.25) is 0 Å². The molecule has 1 aromatic carbocycles. The van der Waals surface area contributed by atoms with Gasteiger partial charge in [-0.15, -0.1) is 0 Å². The highest BCUT2D eigenvalue weighted by Gasteiger charge is 2.43. The van der Waals surface area contributed by atoms with E-state index in [1.54, 1.807) is 19.1 Å². The maximum atomic E-state index is 11.5. The van der Waals surface area contributed by atoms with Gasteiger partial charge < -0.3 is 10.2 Å². The van der Waals surface area contributed by atoms with Gasteiger partial charge in [-0.2, -0.15) is 0 Å². The number of aliphatic carboxylic acids is 1. The lowest BCUT2D eigenvalue weighted by Gasteiger charge is -2.31. The standard InChI is InChI=1S/C14H17ClO3/c1-3-14(2,13(17)18)10-5-4-8-6-12(16)11(15)7-9(8)10/h6-7,10,16H,3-5H2,1-2H3,(H,17,18). The number of carboxylic acids is 1. The van der Waals surface area contributed by atoms with Crippen molar-refractivity contribution in [3.63, 3.8) is 0 Å². The summed E-state index contributed by atoms with van der Waals surface area (Å²) in [5.41, 5.74) is 1.22. The minimum atomic E-state index is -0.772. The maximum Gasteiger partial charge on any atom is 0.309 e. The highest BCUT2D eigenvalue weighted by Crippen LogP contribution is 2.49. The summed E-state index contributed by atoms with van der Waals surface area (Å²) in [7, 11) is 0. The molecule has 1 aromatic rings. The first-order chi connectivity index (χ1) is 8.40. The fourth-order valence-corrected chi connectivity index (χ4v) is 3.00. The molecule has 0 aliphatic heterocycles. The van der Waals surface area contributed by atoms with E-state index in [1.165, 1.54) is 0 Å². The van der Waals surface area contributed by atoms with Crippen LogP contribution < -0.4 is 0 Å². The summed E-state index contributed by atoms with van der Waals surface area (Å²) in [6, 6.07) is 3.39. The summed E-state index contributed by atoms with van der Waals surface area (Å²) in [5, 5.41) is 19.3. The Morgan fingerprint density at radius 2 is 2.22 bits per heavy atom. The second-order valence-corrected chi connectivity index (χ2v) is 5.58. The van der Waals surface area contributed by atoms with Gasteiger partial charge in [-0.1, -0.05) is 18.5 Å². The smallest absolute Gasteiger partial charge is 0.309 e. The van der Waals surface area contributed by atoms with Crippen molar-refractivity contribution in [2.75, 3.05) is 0 Å². The molecule has 0 saturated carbocycles. The minimum absolute atomic E-state index is 0.0342. The Kier molecular flexibility index (Phi) is 3.28. The zero-order valence-corrected chi connectivity index (χ0v) is 11.3. The molecule has 3 nitrogen and oxygen atoms in total. The maximum absolute atomic E-state index is 11.5. The first-order valence-corrected chi connectivity index (χ1v) is 6.52. The monoisotopic (exact) mass is 268 g/mol. The normalized spacial score (nSPS) is 21.4. The van der Waals surface area contributed by atoms with E-state index in [9.17, 15) is 15.0 Å². The van der Waals surface area contributed by atoms with Gasteiger partial charge in [-0.05, 0) is 49.4 Å². The highest BCUT2D eigenvalue weighted by atomic mass is 35.5. The predicted molar refractivity (Wildman–Crippen MR) is 70.2 cm³/mol. The first-order valence-electron chi connectivity index (χ1n) is 6.14. The summed E-state index contributed by atoms with van der Waals surface area (Å²) in [4.78, 5) is 11.5. The molecule has 2 N–H and O–H groups in total. The molecule has 0 saturated heterocycles. The number of carboxylic acid groups (broad SMARTS) is 1. The second kappa shape index (κ2) is 4.47. The van der Waals surface area contributed by atoms with Crippen molar-refractivity contribution < 1.29 is 15.0 Å². The number of halogens is 1. The van der Waals surface area contributed by atoms with Gasteiger partial charge in [-0.3, -0.25) is 4.79 Å². The highest BCUT2D eigenvalue weighted by molar-refractivity contribution is 6.32. The SMILES string of the molecule is CCC(C)(C(=O)O)C1CCc2cc(O)c(Cl)cc21. The van der Waals surface area contributed by atoms with Crippen LogP contribution in [0.25, 0.3) is 0 Å². The topological polar surface area (TPSA) is 57.5 Å². The van der Waals surface area contributed by atoms with Crippen molar-refractivity contribution in [2.24, 2.45) is 5.41 Å². The number of rotatable bonds is 3. The number of aromatic hydroxyl groups is 1. The van der Waals surface area contributed by atoms with Gasteiger partial charge in [0.15, 0.2) is 0 Å². The lowest BCUT2D eigenvalue weighted by atomic mass is 9.72. The van der Waals surface area contributed by atoms with Gasteiger partial charge in [0.05, 0.1) is 10.4 Å². The zero-order valence-electron chi connectivity index (χ0n) is 10.5. The van der Waals surface area contributed by atoms with Crippen molar-refractivity contribution >= 4 is 17.6 Å². The molecule has 18 heavy (non-hydrogen) atoms. The second-order valence-electron chi connectivity index (χ2n) is 5.17. The van der Waals surface area contributed by atoms with Gasteiger partial charge >= 0.3 is 5.97 Å². The fourth-order valence-electron chi connectivity index (χ4n) is 2.83. The largest absolute Gasteiger partial charge is 0.506 e. The molecular weight excluding hydrogens is 252 g/mol. The Bertz CT molecular complexity index is 498. The van der Waals surface area contributed by atoms with E-state index in [0.29, 0.717) is 11.4 Å². The third-order valence-corrected chi connectivity index (χ3v) is 4.58. The van der Waals surface area contributed by atoms with Crippen molar-refractivity contribution in [1.82, 2.24) is 0 Å². The number of hydrogen-bond donors (Lipinski definition) is 2. The van der Waals surface area contributed by atoms with Crippen LogP contribution in [0.1, 0.15) is 43.7 Å². The van der Waals surface area contributed by atoms with Gasteiger partial charge in [0.25, 0.3) is 0 Å². The van der Waals surface area contributed by atoms with Crippen LogP contribution in [-0.2, 0) is 11.2 Å². The molecule has 1 aliphatic rings. The average Bonchev–Trinajstić information content (AvgIpc) is 2.72. The van der Waals surface area contributed by atoms with Crippen LogP contribution in [0.4, 0.5) is 0 Å². The predicted octanol–water partition coefficient (Wildman–Crippen LogP) is 3.58. The molecule has 4 heteroatoms. The first kappa shape index (κ1) is 13.2. The Labute approximate surface area is 111 Å². The molecule has 0 aromatic heterocycles. The summed E-state index contributed by atoms with van der Waals surface area (Å²) in [6.07, 6.45) is 2.17. The molecule has 2 atom stereocenters. The summed E-state index contributed by atoms with van der Waals surface area (Å²) < 4.78 is 0. The average molecular weight is 269 g/mol. The van der Waals surface area contributed by atoms with Crippen LogP contribution in [0.5, 0.6) is 5.75 Å². The van der Waals surface area contributed by atoms with Crippen LogP contribution in [0, 0.1) is 5.41 Å². The fraction of sp³-hybridized carbons (Fsp3) is 0.500. The lowest BCUT2D eigenvalue weighted by Crippen LogP contribution is -2.32. The van der Waals surface area contributed by atoms with E-state index in [4.69, 9.17) is 11.6 Å². The summed E-state index contributed by atoms with van der Waals surface area (Å²) in [6.45, 7) is 3.68. The van der Waals surface area contributed by atoms with Crippen LogP contribution in [0.2, 0.25) is 5.02 Å². The van der Waals surface area contributed by atoms with Crippen molar-refractivity contribution in [1.29, 1.82) is 0 Å². The number of phenols is 1. The number of fused-ring (bicyclic) bond motifs is 1. The van der Waals surface area contributed by atoms with Crippen molar-refractivity contribution in [3.8, 4) is 5.75 Å². The Balaban J connectivity index is 2.48. The van der Waals surface area contributed by atoms with E-state index in [1.807, 2.05) is 6.92 Å². The van der Waals surface area contributed by atoms with E-state index < -0.39 is 11.4 Å². The van der Waals surface area contributed by atoms with Crippen LogP contribution in [0.15, 0.2) is 12.1 Å². The lowest BCUT2D eigenvalue weighted by molar-refractivity contribution is -0.149. The minimum Gasteiger partial charge on any atom is -0.506 e. The van der Waals surface area contributed by atoms with Crippen molar-refractivity contribution in [2.45, 2.75) is 39.0 Å². The molecular formula is C14H17ClO3. The number of hydrogen-bond acceptors (Lipinski definition) is 2. The van der Waals surface area contributed by atoms with Crippen LogP contribution in [-0.4, -0.2) is 16.2 Å². The molecule has 0 fully saturated rings. The Morgan fingerprint density at radius 1 is 1.56 bits per heavy atom. The third kappa shape index (κ3) is 1.87. The van der Waals surface area contributed by atoms with Crippen molar-refractivity contribution in [3.05, 3.63) is 28.3 Å². The molecule has 0 spiro atoms. The van der Waals surface area contributed by atoms with Gasteiger partial charge in [-0.25, -0.2) is 0 Å². The number of phenolic OH excluding ortho intramolecular Hbond substituents is 1.